The van der Waals surface area contributed by atoms with Crippen LogP contribution in [0.2, 0.25) is 0 Å². The van der Waals surface area contributed by atoms with E-state index in [0.29, 0.717) is 57.4 Å². The molecule has 0 atom stereocenters. The molecule has 0 radical (unpaired) electrons. The average Bonchev–Trinajstić information content (AvgIpc) is 3.74. The molecular formula is C49H34F3N9. The molecular weight excluding hydrogens is 772 g/mol. The Morgan fingerprint density at radius 3 is 1.46 bits per heavy atom. The number of nitrogens with zero attached hydrogens (tertiary/aromatic N) is 9. The Labute approximate surface area is 347 Å². The Morgan fingerprint density at radius 2 is 0.967 bits per heavy atom. The van der Waals surface area contributed by atoms with Crippen molar-refractivity contribution >= 4 is 43.6 Å². The number of rotatable bonds is 5. The summed E-state index contributed by atoms with van der Waals surface area (Å²) in [4.78, 5) is 27.1. The smallest absolute Gasteiger partial charge is 0.309 e. The third-order valence-electron chi connectivity index (χ3n) is 11.1. The number of benzene rings is 6. The topological polar surface area (TPSA) is 111 Å². The molecule has 0 amide bonds. The molecule has 0 aliphatic heterocycles. The first-order valence-electron chi connectivity index (χ1n) is 19.6. The number of aryl methyl sites for hydroxylation is 5. The lowest BCUT2D eigenvalue weighted by Gasteiger charge is -2.22. The minimum atomic E-state index is -4.68. The largest absolute Gasteiger partial charge is 0.417 e. The van der Waals surface area contributed by atoms with Crippen LogP contribution in [0.25, 0.3) is 88.9 Å². The van der Waals surface area contributed by atoms with Gasteiger partial charge in [-0.2, -0.15) is 18.4 Å². The molecule has 0 N–H and O–H groups in total. The van der Waals surface area contributed by atoms with Crippen molar-refractivity contribution in [2.24, 2.45) is 0 Å². The normalized spacial score (nSPS) is 11.9. The molecule has 10 rings (SSSR count). The molecule has 0 aliphatic carbocycles. The lowest BCUT2D eigenvalue weighted by molar-refractivity contribution is -0.137. The van der Waals surface area contributed by atoms with Crippen LogP contribution in [0.5, 0.6) is 0 Å². The van der Waals surface area contributed by atoms with Crippen LogP contribution in [0.3, 0.4) is 0 Å². The Morgan fingerprint density at radius 1 is 0.492 bits per heavy atom. The second-order valence-corrected chi connectivity index (χ2v) is 15.2. The second-order valence-electron chi connectivity index (χ2n) is 15.2. The van der Waals surface area contributed by atoms with E-state index in [4.69, 9.17) is 0 Å². The highest BCUT2D eigenvalue weighted by molar-refractivity contribution is 6.12. The summed E-state index contributed by atoms with van der Waals surface area (Å²) < 4.78 is 49.6. The number of halogens is 3. The van der Waals surface area contributed by atoms with Crippen molar-refractivity contribution in [2.75, 3.05) is 0 Å². The fraction of sp³-hybridized carbons (Fsp3) is 0.122. The Hall–Kier alpha value is -7.78. The minimum absolute atomic E-state index is 0.0260. The highest BCUT2D eigenvalue weighted by atomic mass is 19.4. The maximum Gasteiger partial charge on any atom is 0.417 e. The van der Waals surface area contributed by atoms with E-state index < -0.39 is 11.7 Å². The van der Waals surface area contributed by atoms with Gasteiger partial charge in [0.05, 0.1) is 44.6 Å². The first-order valence-corrected chi connectivity index (χ1v) is 19.6. The Bertz CT molecular complexity index is 3460. The van der Waals surface area contributed by atoms with Gasteiger partial charge in [0, 0.05) is 38.2 Å². The van der Waals surface area contributed by atoms with Gasteiger partial charge in [0.2, 0.25) is 0 Å². The summed E-state index contributed by atoms with van der Waals surface area (Å²) >= 11 is 0. The molecule has 61 heavy (non-hydrogen) atoms. The summed E-state index contributed by atoms with van der Waals surface area (Å²) in [7, 11) is 0. The number of nitriles is 1. The number of fused-ring (bicyclic) bond motifs is 6. The molecule has 0 aliphatic rings. The maximum atomic E-state index is 15.2. The van der Waals surface area contributed by atoms with E-state index in [1.807, 2.05) is 122 Å². The van der Waals surface area contributed by atoms with Crippen LogP contribution in [0, 0.1) is 45.9 Å². The van der Waals surface area contributed by atoms with Crippen LogP contribution in [-0.4, -0.2) is 39.0 Å². The van der Waals surface area contributed by atoms with Gasteiger partial charge in [0.15, 0.2) is 11.6 Å². The predicted molar refractivity (Wildman–Crippen MR) is 232 cm³/mol. The van der Waals surface area contributed by atoms with Crippen LogP contribution >= 0.6 is 0 Å². The van der Waals surface area contributed by atoms with Gasteiger partial charge in [-0.3, -0.25) is 0 Å². The molecule has 0 bridgehead atoms. The van der Waals surface area contributed by atoms with Crippen molar-refractivity contribution in [1.29, 1.82) is 5.26 Å². The summed E-state index contributed by atoms with van der Waals surface area (Å²) in [6, 6.07) is 37.4. The predicted octanol–water partition coefficient (Wildman–Crippen LogP) is 11.7. The van der Waals surface area contributed by atoms with Gasteiger partial charge in [-0.1, -0.05) is 48.5 Å². The van der Waals surface area contributed by atoms with Crippen molar-refractivity contribution in [2.45, 2.75) is 40.8 Å². The van der Waals surface area contributed by atoms with Crippen molar-refractivity contribution in [3.05, 3.63) is 155 Å². The minimum Gasteiger partial charge on any atom is -0.309 e. The number of hydrogen-bond acceptors (Lipinski definition) is 7. The van der Waals surface area contributed by atoms with E-state index in [-0.39, 0.29) is 11.1 Å². The lowest BCUT2D eigenvalue weighted by atomic mass is 9.91. The van der Waals surface area contributed by atoms with E-state index in [1.165, 1.54) is 6.07 Å². The second kappa shape index (κ2) is 13.9. The van der Waals surface area contributed by atoms with Crippen LogP contribution in [-0.2, 0) is 6.18 Å². The van der Waals surface area contributed by atoms with Crippen LogP contribution in [0.15, 0.2) is 115 Å². The van der Waals surface area contributed by atoms with Crippen molar-refractivity contribution in [3.8, 4) is 51.3 Å². The van der Waals surface area contributed by atoms with Crippen molar-refractivity contribution in [3.63, 3.8) is 0 Å². The number of hydrogen-bond donors (Lipinski definition) is 0. The molecule has 0 saturated heterocycles. The van der Waals surface area contributed by atoms with Gasteiger partial charge in [-0.05, 0) is 112 Å². The van der Waals surface area contributed by atoms with Gasteiger partial charge in [0.1, 0.15) is 29.4 Å². The fourth-order valence-corrected chi connectivity index (χ4v) is 8.73. The maximum absolute atomic E-state index is 15.2. The molecule has 4 aromatic heterocycles. The monoisotopic (exact) mass is 805 g/mol. The summed E-state index contributed by atoms with van der Waals surface area (Å²) in [5, 5.41) is 14.5. The molecule has 0 unspecified atom stereocenters. The van der Waals surface area contributed by atoms with E-state index >= 15 is 13.2 Å². The molecule has 0 fully saturated rings. The quantitative estimate of drug-likeness (QED) is 0.170. The summed E-state index contributed by atoms with van der Waals surface area (Å²) in [5.41, 5.74) is 5.72. The zero-order valence-corrected chi connectivity index (χ0v) is 33.6. The molecule has 10 aromatic rings. The standard InChI is InChI=1S/C49H34F3N9/c1-26-11-10-14-39(49(50,51)52)46(26)38-24-44(60-40-15-8-6-12-34(40)36-21-31(17-19-42(36)60)47-56-27(2)54-28(3)57-47)33(25-53)23-45(38)61-41-16-9-7-13-35(41)37-22-32(18-20-43(37)61)48-58-29(4)55-30(5)59-48/h6-24H,1-5H3. The molecule has 9 nitrogen and oxygen atoms in total. The third-order valence-corrected chi connectivity index (χ3v) is 11.1. The number of aromatic nitrogens is 8. The summed E-state index contributed by atoms with van der Waals surface area (Å²) in [5.74, 6) is 3.43. The van der Waals surface area contributed by atoms with E-state index in [1.54, 1.807) is 25.1 Å². The highest BCUT2D eigenvalue weighted by Gasteiger charge is 2.35. The molecule has 4 heterocycles. The summed E-state index contributed by atoms with van der Waals surface area (Å²) in [6.07, 6.45) is -4.68. The Balaban J connectivity index is 1.30. The molecule has 6 aromatic carbocycles. The van der Waals surface area contributed by atoms with Crippen LogP contribution in [0.1, 0.15) is 40.0 Å². The zero-order valence-electron chi connectivity index (χ0n) is 33.6. The lowest BCUT2D eigenvalue weighted by Crippen LogP contribution is -2.10. The van der Waals surface area contributed by atoms with Crippen LogP contribution < -0.4 is 0 Å². The molecule has 12 heteroatoms. The van der Waals surface area contributed by atoms with Gasteiger partial charge >= 0.3 is 6.18 Å². The first-order chi connectivity index (χ1) is 29.4. The Kier molecular flexibility index (Phi) is 8.55. The van der Waals surface area contributed by atoms with E-state index in [0.717, 1.165) is 60.8 Å². The van der Waals surface area contributed by atoms with Gasteiger partial charge in [-0.25, -0.2) is 29.9 Å². The fourth-order valence-electron chi connectivity index (χ4n) is 8.73. The summed E-state index contributed by atoms with van der Waals surface area (Å²) in [6.45, 7) is 8.97. The van der Waals surface area contributed by atoms with Gasteiger partial charge in [0.25, 0.3) is 0 Å². The third kappa shape index (κ3) is 6.16. The number of para-hydroxylation sites is 2. The van der Waals surface area contributed by atoms with Crippen molar-refractivity contribution in [1.82, 2.24) is 39.0 Å². The highest BCUT2D eigenvalue weighted by Crippen LogP contribution is 2.46. The first kappa shape index (κ1) is 37.5. The zero-order chi connectivity index (χ0) is 42.3. The van der Waals surface area contributed by atoms with E-state index in [9.17, 15) is 5.26 Å². The average molecular weight is 806 g/mol. The number of alkyl halides is 3. The SMILES string of the molecule is Cc1nc(C)nc(-c2ccc3c(c2)c2ccccc2n3-c2cc(-c3c(C)cccc3C(F)(F)F)c(-n3c4ccccc4c4cc(-c5nc(C)nc(C)n5)ccc43)cc2C#N)n1. The van der Waals surface area contributed by atoms with Gasteiger partial charge in [-0.15, -0.1) is 0 Å². The van der Waals surface area contributed by atoms with E-state index in [2.05, 4.69) is 36.0 Å². The van der Waals surface area contributed by atoms with Gasteiger partial charge < -0.3 is 9.13 Å². The van der Waals surface area contributed by atoms with Crippen LogP contribution in [0.4, 0.5) is 13.2 Å². The van der Waals surface area contributed by atoms with Crippen molar-refractivity contribution < 1.29 is 13.2 Å². The molecule has 296 valence electrons. The molecule has 0 spiro atoms. The molecule has 0 saturated carbocycles.